The van der Waals surface area contributed by atoms with Crippen LogP contribution in [0.4, 0.5) is 4.79 Å². The monoisotopic (exact) mass is 369 g/mol. The van der Waals surface area contributed by atoms with Crippen molar-refractivity contribution in [3.8, 4) is 0 Å². The Morgan fingerprint density at radius 2 is 1.59 bits per heavy atom. The van der Waals surface area contributed by atoms with E-state index in [1.165, 1.54) is 0 Å². The van der Waals surface area contributed by atoms with Gasteiger partial charge in [-0.3, -0.25) is 0 Å². The molecule has 27 heavy (non-hydrogen) atoms. The molecule has 0 fully saturated rings. The van der Waals surface area contributed by atoms with E-state index >= 15 is 0 Å². The second-order valence-electron chi connectivity index (χ2n) is 7.48. The molecule has 0 aliphatic carbocycles. The van der Waals surface area contributed by atoms with Gasteiger partial charge < -0.3 is 14.8 Å². The predicted molar refractivity (Wildman–Crippen MR) is 104 cm³/mol. The van der Waals surface area contributed by atoms with E-state index in [-0.39, 0.29) is 6.61 Å². The van der Waals surface area contributed by atoms with Gasteiger partial charge in [0.1, 0.15) is 18.2 Å². The lowest BCUT2D eigenvalue weighted by molar-refractivity contribution is -0.157. The van der Waals surface area contributed by atoms with Gasteiger partial charge in [0.2, 0.25) is 0 Å². The fraction of sp³-hybridized carbons (Fsp3) is 0.364. The van der Waals surface area contributed by atoms with Crippen LogP contribution in [-0.2, 0) is 27.3 Å². The summed E-state index contributed by atoms with van der Waals surface area (Å²) in [5, 5.41) is 2.64. The van der Waals surface area contributed by atoms with Gasteiger partial charge in [0.15, 0.2) is 0 Å². The van der Waals surface area contributed by atoms with E-state index in [4.69, 9.17) is 9.47 Å². The Labute approximate surface area is 160 Å². The summed E-state index contributed by atoms with van der Waals surface area (Å²) in [6, 6.07) is 16.3. The van der Waals surface area contributed by atoms with Crippen LogP contribution in [0.25, 0.3) is 0 Å². The third-order valence-electron chi connectivity index (χ3n) is 3.76. The van der Waals surface area contributed by atoms with E-state index in [2.05, 4.69) is 5.32 Å². The van der Waals surface area contributed by atoms with Crippen LogP contribution in [-0.4, -0.2) is 23.7 Å². The molecule has 144 valence electrons. The molecule has 5 heteroatoms. The highest BCUT2D eigenvalue weighted by atomic mass is 16.6. The van der Waals surface area contributed by atoms with Crippen LogP contribution in [0.3, 0.4) is 0 Å². The number of carbonyl (C=O) groups is 2. The summed E-state index contributed by atoms with van der Waals surface area (Å²) in [6.45, 7) is 7.51. The fourth-order valence-electron chi connectivity index (χ4n) is 2.43. The van der Waals surface area contributed by atoms with E-state index in [0.29, 0.717) is 6.42 Å². The van der Waals surface area contributed by atoms with Crippen molar-refractivity contribution in [3.63, 3.8) is 0 Å². The van der Waals surface area contributed by atoms with Crippen molar-refractivity contribution < 1.29 is 19.1 Å². The molecule has 2 aromatic carbocycles. The molecule has 2 aromatic rings. The highest BCUT2D eigenvalue weighted by Crippen LogP contribution is 2.13. The fourth-order valence-corrected chi connectivity index (χ4v) is 2.43. The zero-order valence-electron chi connectivity index (χ0n) is 16.3. The third kappa shape index (κ3) is 7.52. The summed E-state index contributed by atoms with van der Waals surface area (Å²) in [5.41, 5.74) is 2.29. The molecule has 0 heterocycles. The molecule has 0 saturated carbocycles. The van der Waals surface area contributed by atoms with E-state index in [1.54, 1.807) is 20.8 Å². The first-order chi connectivity index (χ1) is 12.7. The van der Waals surface area contributed by atoms with E-state index in [1.807, 2.05) is 61.5 Å². The Morgan fingerprint density at radius 1 is 0.963 bits per heavy atom. The number of carbonyl (C=O) groups excluding carboxylic acids is 2. The van der Waals surface area contributed by atoms with Crippen molar-refractivity contribution in [3.05, 3.63) is 71.3 Å². The number of alkyl carbamates (subject to hydrolysis) is 1. The van der Waals surface area contributed by atoms with Crippen molar-refractivity contribution in [1.29, 1.82) is 0 Å². The second kappa shape index (κ2) is 9.21. The van der Waals surface area contributed by atoms with Gasteiger partial charge in [0.25, 0.3) is 0 Å². The lowest BCUT2D eigenvalue weighted by atomic mass is 10.0. The minimum atomic E-state index is -0.824. The Morgan fingerprint density at radius 3 is 2.19 bits per heavy atom. The van der Waals surface area contributed by atoms with Gasteiger partial charge in [0.05, 0.1) is 0 Å². The number of ether oxygens (including phenoxy) is 2. The normalized spacial score (nSPS) is 12.1. The predicted octanol–water partition coefficient (Wildman–Crippen LogP) is 4.17. The van der Waals surface area contributed by atoms with Gasteiger partial charge in [0, 0.05) is 6.42 Å². The molecule has 5 nitrogen and oxygen atoms in total. The summed E-state index contributed by atoms with van der Waals surface area (Å²) < 4.78 is 10.7. The molecule has 0 radical (unpaired) electrons. The number of hydrogen-bond donors (Lipinski definition) is 1. The number of nitrogens with one attached hydrogen (secondary N) is 1. The van der Waals surface area contributed by atoms with Gasteiger partial charge >= 0.3 is 12.1 Å². The third-order valence-corrected chi connectivity index (χ3v) is 3.76. The summed E-state index contributed by atoms with van der Waals surface area (Å²) in [7, 11) is 0. The summed E-state index contributed by atoms with van der Waals surface area (Å²) in [6.07, 6.45) is -0.322. The zero-order chi connectivity index (χ0) is 19.9. The van der Waals surface area contributed by atoms with Crippen molar-refractivity contribution in [2.24, 2.45) is 0 Å². The molecule has 0 aromatic heterocycles. The largest absolute Gasteiger partial charge is 0.458 e. The second-order valence-corrected chi connectivity index (χ2v) is 7.48. The highest BCUT2D eigenvalue weighted by molar-refractivity contribution is 5.82. The first-order valence-corrected chi connectivity index (χ1v) is 8.98. The van der Waals surface area contributed by atoms with Crippen LogP contribution in [0.15, 0.2) is 54.6 Å². The topological polar surface area (TPSA) is 64.6 Å². The van der Waals surface area contributed by atoms with Crippen LogP contribution in [0.1, 0.15) is 37.5 Å². The van der Waals surface area contributed by atoms with Gasteiger partial charge in [-0.1, -0.05) is 60.2 Å². The minimum Gasteiger partial charge on any atom is -0.458 e. The van der Waals surface area contributed by atoms with Crippen molar-refractivity contribution in [2.45, 2.75) is 52.4 Å². The van der Waals surface area contributed by atoms with Crippen molar-refractivity contribution in [2.75, 3.05) is 0 Å². The smallest absolute Gasteiger partial charge is 0.408 e. The first-order valence-electron chi connectivity index (χ1n) is 8.98. The number of amides is 1. The van der Waals surface area contributed by atoms with Gasteiger partial charge in [-0.2, -0.15) is 0 Å². The number of aryl methyl sites for hydroxylation is 1. The van der Waals surface area contributed by atoms with Crippen LogP contribution in [0.2, 0.25) is 0 Å². The molecule has 1 amide bonds. The Kier molecular flexibility index (Phi) is 6.99. The van der Waals surface area contributed by atoms with Crippen molar-refractivity contribution >= 4 is 12.1 Å². The maximum Gasteiger partial charge on any atom is 0.408 e. The van der Waals surface area contributed by atoms with Crippen LogP contribution in [0.5, 0.6) is 0 Å². The van der Waals surface area contributed by atoms with Crippen molar-refractivity contribution in [1.82, 2.24) is 5.32 Å². The number of benzene rings is 2. The van der Waals surface area contributed by atoms with Gasteiger partial charge in [-0.15, -0.1) is 0 Å². The Bertz CT molecular complexity index is 748. The SMILES string of the molecule is Cc1ccc(C[C@H](NC(=O)OCc2ccccc2)C(=O)OC(C)(C)C)cc1. The molecule has 1 N–H and O–H groups in total. The number of hydrogen-bond acceptors (Lipinski definition) is 4. The molecular weight excluding hydrogens is 342 g/mol. The Balaban J connectivity index is 2.02. The summed E-state index contributed by atoms with van der Waals surface area (Å²) in [4.78, 5) is 24.7. The van der Waals surface area contributed by atoms with Gasteiger partial charge in [-0.25, -0.2) is 9.59 Å². The molecule has 0 bridgehead atoms. The average Bonchev–Trinajstić information content (AvgIpc) is 2.60. The molecule has 0 aliphatic heterocycles. The van der Waals surface area contributed by atoms with E-state index < -0.39 is 23.7 Å². The zero-order valence-corrected chi connectivity index (χ0v) is 16.3. The average molecular weight is 369 g/mol. The molecule has 0 aliphatic rings. The Hall–Kier alpha value is -2.82. The molecule has 0 saturated heterocycles. The molecule has 1 atom stereocenters. The number of esters is 1. The lowest BCUT2D eigenvalue weighted by Gasteiger charge is -2.24. The number of rotatable bonds is 6. The highest BCUT2D eigenvalue weighted by Gasteiger charge is 2.27. The molecular formula is C22H27NO4. The summed E-state index contributed by atoms with van der Waals surface area (Å²) >= 11 is 0. The quantitative estimate of drug-likeness (QED) is 0.776. The van der Waals surface area contributed by atoms with Crippen LogP contribution < -0.4 is 5.32 Å². The van der Waals surface area contributed by atoms with E-state index in [9.17, 15) is 9.59 Å². The minimum absolute atomic E-state index is 0.137. The maximum atomic E-state index is 12.5. The first kappa shape index (κ1) is 20.5. The summed E-state index contributed by atoms with van der Waals surface area (Å²) in [5.74, 6) is -0.486. The van der Waals surface area contributed by atoms with Gasteiger partial charge in [-0.05, 0) is 38.8 Å². The molecule has 2 rings (SSSR count). The standard InChI is InChI=1S/C22H27NO4/c1-16-10-12-17(13-11-16)14-19(20(24)27-22(2,3)4)23-21(25)26-15-18-8-6-5-7-9-18/h5-13,19H,14-15H2,1-4H3,(H,23,25)/t19-/m0/s1. The molecule has 0 spiro atoms. The van der Waals surface area contributed by atoms with Crippen LogP contribution in [0, 0.1) is 6.92 Å². The lowest BCUT2D eigenvalue weighted by Crippen LogP contribution is -2.45. The molecule has 0 unspecified atom stereocenters. The van der Waals surface area contributed by atoms with Crippen LogP contribution >= 0.6 is 0 Å². The maximum absolute atomic E-state index is 12.5. The van der Waals surface area contributed by atoms with E-state index in [0.717, 1.165) is 16.7 Å².